The molecule has 1 heterocycles. The SMILES string of the molecule is CCOCc1nc(N)cc(NCCSC)n1. The van der Waals surface area contributed by atoms with Gasteiger partial charge in [0.2, 0.25) is 0 Å². The van der Waals surface area contributed by atoms with E-state index in [0.717, 1.165) is 18.1 Å². The number of nitrogen functional groups attached to an aromatic ring is 1. The fourth-order valence-electron chi connectivity index (χ4n) is 1.15. The maximum absolute atomic E-state index is 5.68. The van der Waals surface area contributed by atoms with Crippen molar-refractivity contribution in [1.29, 1.82) is 0 Å². The fraction of sp³-hybridized carbons (Fsp3) is 0.600. The van der Waals surface area contributed by atoms with Crippen molar-refractivity contribution in [1.82, 2.24) is 9.97 Å². The predicted molar refractivity (Wildman–Crippen MR) is 68.6 cm³/mol. The summed E-state index contributed by atoms with van der Waals surface area (Å²) in [6, 6.07) is 1.73. The van der Waals surface area contributed by atoms with Gasteiger partial charge in [-0.2, -0.15) is 11.8 Å². The van der Waals surface area contributed by atoms with E-state index in [1.54, 1.807) is 17.8 Å². The number of thioether (sulfide) groups is 1. The van der Waals surface area contributed by atoms with Crippen molar-refractivity contribution >= 4 is 23.4 Å². The molecule has 0 amide bonds. The van der Waals surface area contributed by atoms with E-state index in [9.17, 15) is 0 Å². The molecule has 0 radical (unpaired) electrons. The smallest absolute Gasteiger partial charge is 0.158 e. The quantitative estimate of drug-likeness (QED) is 0.704. The van der Waals surface area contributed by atoms with Crippen LogP contribution in [0.3, 0.4) is 0 Å². The van der Waals surface area contributed by atoms with Crippen LogP contribution in [-0.4, -0.2) is 35.1 Å². The van der Waals surface area contributed by atoms with Crippen molar-refractivity contribution in [3.05, 3.63) is 11.9 Å². The third-order valence-corrected chi connectivity index (χ3v) is 2.45. The zero-order valence-corrected chi connectivity index (χ0v) is 10.5. The molecule has 5 nitrogen and oxygen atoms in total. The summed E-state index contributed by atoms with van der Waals surface area (Å²) in [4.78, 5) is 8.40. The monoisotopic (exact) mass is 242 g/mol. The van der Waals surface area contributed by atoms with Gasteiger partial charge >= 0.3 is 0 Å². The van der Waals surface area contributed by atoms with E-state index in [1.807, 2.05) is 6.92 Å². The lowest BCUT2D eigenvalue weighted by atomic mass is 10.5. The molecule has 0 unspecified atom stereocenters. The van der Waals surface area contributed by atoms with Crippen LogP contribution in [0.4, 0.5) is 11.6 Å². The van der Waals surface area contributed by atoms with Gasteiger partial charge < -0.3 is 15.8 Å². The molecule has 0 aliphatic rings. The van der Waals surface area contributed by atoms with Gasteiger partial charge in [-0.05, 0) is 13.2 Å². The largest absolute Gasteiger partial charge is 0.384 e. The molecular formula is C10H18N4OS. The Morgan fingerprint density at radius 3 is 3.00 bits per heavy atom. The number of ether oxygens (including phenoxy) is 1. The number of nitrogens with zero attached hydrogens (tertiary/aromatic N) is 2. The summed E-state index contributed by atoms with van der Waals surface area (Å²) in [7, 11) is 0. The van der Waals surface area contributed by atoms with Crippen molar-refractivity contribution < 1.29 is 4.74 Å². The predicted octanol–water partition coefficient (Wildman–Crippen LogP) is 1.37. The van der Waals surface area contributed by atoms with Crippen molar-refractivity contribution in [2.24, 2.45) is 0 Å². The van der Waals surface area contributed by atoms with Crippen molar-refractivity contribution in [2.45, 2.75) is 13.5 Å². The van der Waals surface area contributed by atoms with Crippen LogP contribution < -0.4 is 11.1 Å². The van der Waals surface area contributed by atoms with E-state index >= 15 is 0 Å². The second kappa shape index (κ2) is 7.29. The summed E-state index contributed by atoms with van der Waals surface area (Å²) < 4.78 is 5.24. The first-order valence-corrected chi connectivity index (χ1v) is 6.59. The van der Waals surface area contributed by atoms with E-state index in [-0.39, 0.29) is 0 Å². The van der Waals surface area contributed by atoms with Gasteiger partial charge in [-0.1, -0.05) is 0 Å². The Morgan fingerprint density at radius 2 is 2.31 bits per heavy atom. The number of rotatable bonds is 7. The molecule has 0 aromatic carbocycles. The van der Waals surface area contributed by atoms with Crippen LogP contribution in [0.1, 0.15) is 12.7 Å². The van der Waals surface area contributed by atoms with E-state index in [1.165, 1.54) is 0 Å². The highest BCUT2D eigenvalue weighted by Crippen LogP contribution is 2.09. The standard InChI is InChI=1S/C10H18N4OS/c1-3-15-7-10-13-8(11)6-9(14-10)12-4-5-16-2/h6H,3-5,7H2,1-2H3,(H3,11,12,13,14). The highest BCUT2D eigenvalue weighted by molar-refractivity contribution is 7.98. The highest BCUT2D eigenvalue weighted by Gasteiger charge is 2.02. The van der Waals surface area contributed by atoms with Gasteiger partial charge in [0.05, 0.1) is 0 Å². The molecule has 0 bridgehead atoms. The Hall–Kier alpha value is -1.01. The first-order valence-electron chi connectivity index (χ1n) is 5.20. The number of anilines is 2. The normalized spacial score (nSPS) is 10.4. The van der Waals surface area contributed by atoms with Crippen LogP contribution in [-0.2, 0) is 11.3 Å². The lowest BCUT2D eigenvalue weighted by Crippen LogP contribution is -2.09. The minimum absolute atomic E-state index is 0.402. The molecule has 0 saturated heterocycles. The van der Waals surface area contributed by atoms with E-state index in [2.05, 4.69) is 21.5 Å². The van der Waals surface area contributed by atoms with Crippen LogP contribution in [0.25, 0.3) is 0 Å². The summed E-state index contributed by atoms with van der Waals surface area (Å²) in [5, 5.41) is 3.20. The molecule has 0 aliphatic carbocycles. The van der Waals surface area contributed by atoms with Crippen molar-refractivity contribution in [2.75, 3.05) is 36.2 Å². The van der Waals surface area contributed by atoms with Crippen LogP contribution in [0, 0.1) is 0 Å². The maximum atomic E-state index is 5.68. The van der Waals surface area contributed by atoms with Gasteiger partial charge in [0, 0.05) is 25.0 Å². The molecule has 6 heteroatoms. The topological polar surface area (TPSA) is 73.1 Å². The Bertz CT molecular complexity index is 322. The van der Waals surface area contributed by atoms with Crippen LogP contribution in [0.5, 0.6) is 0 Å². The summed E-state index contributed by atoms with van der Waals surface area (Å²) >= 11 is 1.78. The average Bonchev–Trinajstić information content (AvgIpc) is 2.26. The number of nitrogens with two attached hydrogens (primary N) is 1. The minimum atomic E-state index is 0.402. The zero-order valence-electron chi connectivity index (χ0n) is 9.69. The fourth-order valence-corrected chi connectivity index (χ4v) is 1.45. The van der Waals surface area contributed by atoms with Gasteiger partial charge in [0.25, 0.3) is 0 Å². The van der Waals surface area contributed by atoms with Gasteiger partial charge in [0.1, 0.15) is 18.2 Å². The molecule has 1 aromatic heterocycles. The lowest BCUT2D eigenvalue weighted by molar-refractivity contribution is 0.128. The second-order valence-electron chi connectivity index (χ2n) is 3.15. The molecule has 0 spiro atoms. The van der Waals surface area contributed by atoms with Gasteiger partial charge in [-0.3, -0.25) is 0 Å². The zero-order chi connectivity index (χ0) is 11.8. The van der Waals surface area contributed by atoms with Crippen LogP contribution >= 0.6 is 11.8 Å². The maximum Gasteiger partial charge on any atom is 0.158 e. The molecule has 1 aromatic rings. The Morgan fingerprint density at radius 1 is 1.50 bits per heavy atom. The molecule has 16 heavy (non-hydrogen) atoms. The van der Waals surface area contributed by atoms with Crippen LogP contribution in [0.2, 0.25) is 0 Å². The third kappa shape index (κ3) is 4.67. The molecular weight excluding hydrogens is 224 g/mol. The molecule has 0 fully saturated rings. The number of hydrogen-bond donors (Lipinski definition) is 2. The third-order valence-electron chi connectivity index (χ3n) is 1.84. The van der Waals surface area contributed by atoms with Crippen molar-refractivity contribution in [3.8, 4) is 0 Å². The molecule has 1 rings (SSSR count). The van der Waals surface area contributed by atoms with E-state index in [4.69, 9.17) is 10.5 Å². The highest BCUT2D eigenvalue weighted by atomic mass is 32.2. The summed E-state index contributed by atoms with van der Waals surface area (Å²) in [5.41, 5.74) is 5.68. The molecule has 0 saturated carbocycles. The Labute approximate surface area is 100 Å². The van der Waals surface area contributed by atoms with Gasteiger partial charge in [-0.25, -0.2) is 9.97 Å². The van der Waals surface area contributed by atoms with Gasteiger partial charge in [-0.15, -0.1) is 0 Å². The second-order valence-corrected chi connectivity index (χ2v) is 4.14. The Kier molecular flexibility index (Phi) is 5.95. The molecule has 90 valence electrons. The summed E-state index contributed by atoms with van der Waals surface area (Å²) in [5.74, 6) is 2.88. The molecule has 3 N–H and O–H groups in total. The minimum Gasteiger partial charge on any atom is -0.384 e. The summed E-state index contributed by atoms with van der Waals surface area (Å²) in [6.07, 6.45) is 2.07. The van der Waals surface area contributed by atoms with E-state index < -0.39 is 0 Å². The Balaban J connectivity index is 2.58. The number of hydrogen-bond acceptors (Lipinski definition) is 6. The summed E-state index contributed by atoms with van der Waals surface area (Å²) in [6.45, 7) is 3.85. The van der Waals surface area contributed by atoms with Crippen molar-refractivity contribution in [3.63, 3.8) is 0 Å². The van der Waals surface area contributed by atoms with E-state index in [0.29, 0.717) is 24.9 Å². The van der Waals surface area contributed by atoms with Gasteiger partial charge in [0.15, 0.2) is 5.82 Å². The lowest BCUT2D eigenvalue weighted by Gasteiger charge is -2.07. The first-order chi connectivity index (χ1) is 7.76. The average molecular weight is 242 g/mol. The molecule has 0 atom stereocenters. The number of aromatic nitrogens is 2. The first kappa shape index (κ1) is 13.1. The molecule has 0 aliphatic heterocycles. The number of nitrogens with one attached hydrogen (secondary N) is 1. The van der Waals surface area contributed by atoms with Crippen LogP contribution in [0.15, 0.2) is 6.07 Å².